The van der Waals surface area contributed by atoms with Gasteiger partial charge in [0, 0.05) is 24.1 Å². The Kier molecular flexibility index (Phi) is 7.86. The van der Waals surface area contributed by atoms with Crippen LogP contribution in [0.3, 0.4) is 0 Å². The van der Waals surface area contributed by atoms with E-state index in [4.69, 9.17) is 0 Å². The summed E-state index contributed by atoms with van der Waals surface area (Å²) in [4.78, 5) is 21.4. The topological polar surface area (TPSA) is 49.0 Å². The number of carbonyl (C=O) groups is 1. The number of amides is 1. The van der Waals surface area contributed by atoms with Gasteiger partial charge in [-0.15, -0.1) is 5.73 Å². The van der Waals surface area contributed by atoms with Crippen molar-refractivity contribution in [1.29, 1.82) is 0 Å². The summed E-state index contributed by atoms with van der Waals surface area (Å²) in [6.45, 7) is 10.6. The molecule has 1 aliphatic carbocycles. The molecule has 0 radical (unpaired) electrons. The number of nitrogens with zero attached hydrogens (tertiary/aromatic N) is 2. The molecule has 1 aliphatic heterocycles. The van der Waals surface area contributed by atoms with Gasteiger partial charge in [0.2, 0.25) is 5.91 Å². The fraction of sp³-hybridized carbons (Fsp3) is 0.421. The molecule has 23 heavy (non-hydrogen) atoms. The van der Waals surface area contributed by atoms with Crippen molar-refractivity contribution in [3.8, 4) is 0 Å². The summed E-state index contributed by atoms with van der Waals surface area (Å²) in [5, 5.41) is 0. The van der Waals surface area contributed by atoms with Gasteiger partial charge in [-0.3, -0.25) is 4.79 Å². The number of allylic oxidation sites excluding steroid dienone is 4. The van der Waals surface area contributed by atoms with Crippen LogP contribution in [0, 0.1) is 6.92 Å². The maximum absolute atomic E-state index is 12.4. The van der Waals surface area contributed by atoms with E-state index in [1.165, 1.54) is 5.57 Å². The van der Waals surface area contributed by atoms with Gasteiger partial charge >= 0.3 is 0 Å². The van der Waals surface area contributed by atoms with Gasteiger partial charge in [0.25, 0.3) is 0 Å². The molecule has 0 aromatic carbocycles. The number of aromatic nitrogens is 2. The molecule has 124 valence electrons. The molecule has 1 amide bonds. The van der Waals surface area contributed by atoms with Crippen molar-refractivity contribution in [2.45, 2.75) is 47.5 Å². The van der Waals surface area contributed by atoms with E-state index >= 15 is 0 Å². The van der Waals surface area contributed by atoms with Crippen molar-refractivity contribution in [1.82, 2.24) is 14.9 Å². The molecule has 0 atom stereocenters. The minimum Gasteiger partial charge on any atom is -0.346 e. The van der Waals surface area contributed by atoms with Crippen LogP contribution in [0.15, 0.2) is 47.5 Å². The minimum absolute atomic E-state index is 0.105. The third kappa shape index (κ3) is 4.83. The molecule has 1 aromatic heterocycles. The van der Waals surface area contributed by atoms with Gasteiger partial charge in [-0.1, -0.05) is 27.7 Å². The first-order chi connectivity index (χ1) is 11.2. The summed E-state index contributed by atoms with van der Waals surface area (Å²) < 4.78 is 0. The van der Waals surface area contributed by atoms with Crippen LogP contribution in [0.25, 0.3) is 0 Å². The summed E-state index contributed by atoms with van der Waals surface area (Å²) >= 11 is 0. The van der Waals surface area contributed by atoms with Crippen LogP contribution in [0.5, 0.6) is 0 Å². The average molecular weight is 313 g/mol. The molecule has 4 nitrogen and oxygen atoms in total. The highest BCUT2D eigenvalue weighted by Crippen LogP contribution is 2.28. The van der Waals surface area contributed by atoms with Crippen molar-refractivity contribution in [2.24, 2.45) is 0 Å². The second-order valence-electron chi connectivity index (χ2n) is 4.71. The standard InChI is InChI=1S/C15H15N3O.2C2H6/c1-11-16-10-13(17-11)9-15(19)18-8-7-12-5-3-2-4-6-14(12)18;2*1-2/h3-6,10H,7-9H2,1H3,(H,16,17);2*1-2H3. The monoisotopic (exact) mass is 313 g/mol. The third-order valence-corrected chi connectivity index (χ3v) is 3.34. The number of carbonyl (C=O) groups excluding carboxylic acids is 1. The van der Waals surface area contributed by atoms with Crippen LogP contribution in [0.1, 0.15) is 45.6 Å². The lowest BCUT2D eigenvalue weighted by Gasteiger charge is -2.17. The van der Waals surface area contributed by atoms with E-state index in [1.807, 2.05) is 63.8 Å². The highest BCUT2D eigenvalue weighted by molar-refractivity contribution is 5.82. The van der Waals surface area contributed by atoms with Crippen LogP contribution >= 0.6 is 0 Å². The number of fused-ring (bicyclic) bond motifs is 1. The van der Waals surface area contributed by atoms with E-state index < -0.39 is 0 Å². The normalized spacial score (nSPS) is 14.6. The summed E-state index contributed by atoms with van der Waals surface area (Å²) in [7, 11) is 0. The molecule has 3 rings (SSSR count). The zero-order valence-electron chi connectivity index (χ0n) is 14.8. The van der Waals surface area contributed by atoms with E-state index in [0.717, 1.165) is 30.2 Å². The first kappa shape index (κ1) is 18.7. The molecular weight excluding hydrogens is 286 g/mol. The fourth-order valence-corrected chi connectivity index (χ4v) is 2.43. The van der Waals surface area contributed by atoms with Crippen LogP contribution in [0.4, 0.5) is 0 Å². The second kappa shape index (κ2) is 9.65. The van der Waals surface area contributed by atoms with Gasteiger partial charge in [0.05, 0.1) is 6.42 Å². The van der Waals surface area contributed by atoms with Crippen LogP contribution < -0.4 is 0 Å². The van der Waals surface area contributed by atoms with Gasteiger partial charge in [-0.05, 0) is 43.2 Å². The number of likely N-dealkylation sites (tertiary alicyclic amines) is 1. The van der Waals surface area contributed by atoms with Crippen molar-refractivity contribution < 1.29 is 4.79 Å². The Morgan fingerprint density at radius 1 is 1.26 bits per heavy atom. The van der Waals surface area contributed by atoms with E-state index in [9.17, 15) is 4.79 Å². The number of hydrogen-bond donors (Lipinski definition) is 1. The summed E-state index contributed by atoms with van der Waals surface area (Å²) in [5.74, 6) is 0.944. The number of nitrogens with one attached hydrogen (secondary N) is 1. The first-order valence-electron chi connectivity index (χ1n) is 8.37. The molecule has 0 unspecified atom stereocenters. The molecule has 2 aliphatic rings. The Labute approximate surface area is 139 Å². The highest BCUT2D eigenvalue weighted by atomic mass is 16.2. The molecule has 4 heteroatoms. The van der Waals surface area contributed by atoms with Crippen LogP contribution in [-0.4, -0.2) is 27.3 Å². The second-order valence-corrected chi connectivity index (χ2v) is 4.71. The van der Waals surface area contributed by atoms with Crippen LogP contribution in [0.2, 0.25) is 0 Å². The zero-order valence-corrected chi connectivity index (χ0v) is 14.8. The van der Waals surface area contributed by atoms with Crippen LogP contribution in [-0.2, 0) is 11.2 Å². The quantitative estimate of drug-likeness (QED) is 0.836. The Hall–Kier alpha value is -2.32. The van der Waals surface area contributed by atoms with Gasteiger partial charge < -0.3 is 9.88 Å². The Bertz CT molecular complexity index is 643. The van der Waals surface area contributed by atoms with E-state index in [-0.39, 0.29) is 5.91 Å². The smallest absolute Gasteiger partial charge is 0.232 e. The predicted molar refractivity (Wildman–Crippen MR) is 94.9 cm³/mol. The van der Waals surface area contributed by atoms with Crippen molar-refractivity contribution in [3.63, 3.8) is 0 Å². The fourth-order valence-electron chi connectivity index (χ4n) is 2.43. The molecule has 1 saturated heterocycles. The Morgan fingerprint density at radius 3 is 2.61 bits per heavy atom. The Balaban J connectivity index is 0.000000615. The predicted octanol–water partition coefficient (Wildman–Crippen LogP) is 4.08. The van der Waals surface area contributed by atoms with E-state index in [0.29, 0.717) is 6.42 Å². The lowest BCUT2D eigenvalue weighted by Crippen LogP contribution is -2.28. The average Bonchev–Trinajstić information content (AvgIpc) is 3.10. The number of aromatic amines is 1. The number of hydrogen-bond acceptors (Lipinski definition) is 2. The maximum Gasteiger partial charge on any atom is 0.232 e. The zero-order chi connectivity index (χ0) is 17.2. The largest absolute Gasteiger partial charge is 0.346 e. The molecule has 1 aromatic rings. The third-order valence-electron chi connectivity index (χ3n) is 3.34. The van der Waals surface area contributed by atoms with Gasteiger partial charge in [-0.25, -0.2) is 4.98 Å². The molecule has 2 heterocycles. The lowest BCUT2D eigenvalue weighted by atomic mass is 10.1. The van der Waals surface area contributed by atoms with Gasteiger partial charge in [-0.2, -0.15) is 0 Å². The van der Waals surface area contributed by atoms with Crippen molar-refractivity contribution in [3.05, 3.63) is 59.0 Å². The lowest BCUT2D eigenvalue weighted by molar-refractivity contribution is -0.127. The van der Waals surface area contributed by atoms with Gasteiger partial charge in [0.15, 0.2) is 0 Å². The summed E-state index contributed by atoms with van der Waals surface area (Å²) in [6.07, 6.45) is 10.7. The number of aryl methyl sites for hydroxylation is 1. The number of rotatable bonds is 2. The first-order valence-corrected chi connectivity index (χ1v) is 8.37. The highest BCUT2D eigenvalue weighted by Gasteiger charge is 2.27. The van der Waals surface area contributed by atoms with Gasteiger partial charge in [0.1, 0.15) is 5.82 Å². The Morgan fingerprint density at radius 2 is 1.96 bits per heavy atom. The van der Waals surface area contributed by atoms with Crippen molar-refractivity contribution in [2.75, 3.05) is 6.54 Å². The molecule has 0 spiro atoms. The molecule has 1 N–H and O–H groups in total. The number of imidazole rings is 1. The maximum atomic E-state index is 12.4. The SMILES string of the molecule is CC.CC.Cc1ncc(CC(=O)N2CCC3=CC=C=CC=C32)[nH]1. The summed E-state index contributed by atoms with van der Waals surface area (Å²) in [6, 6.07) is 0. The molecule has 1 fully saturated rings. The van der Waals surface area contributed by atoms with Crippen molar-refractivity contribution >= 4 is 5.91 Å². The molecule has 0 saturated carbocycles. The minimum atomic E-state index is 0.105. The number of H-pyrrole nitrogens is 1. The van der Waals surface area contributed by atoms with E-state index in [2.05, 4.69) is 15.7 Å². The molecule has 0 bridgehead atoms. The van der Waals surface area contributed by atoms with E-state index in [1.54, 1.807) is 6.20 Å². The summed E-state index contributed by atoms with van der Waals surface area (Å²) in [5.41, 5.74) is 6.10. The molecular formula is C19H27N3O.